The monoisotopic (exact) mass is 1280 g/mol. The highest BCUT2D eigenvalue weighted by atomic mass is 35.5. The predicted octanol–water partition coefficient (Wildman–Crippen LogP) is 14.5. The van der Waals surface area contributed by atoms with Crippen molar-refractivity contribution < 1.29 is 68.1 Å². The Morgan fingerprint density at radius 1 is 0.477 bits per heavy atom. The highest BCUT2D eigenvalue weighted by Gasteiger charge is 2.32. The van der Waals surface area contributed by atoms with Gasteiger partial charge >= 0.3 is 24.1 Å². The maximum absolute atomic E-state index is 13.7. The van der Waals surface area contributed by atoms with Gasteiger partial charge < -0.3 is 15.3 Å². The first kappa shape index (κ1) is 68.6. The minimum Gasteiger partial charge on any atom is -0.478 e. The van der Waals surface area contributed by atoms with Crippen molar-refractivity contribution in [3.8, 4) is 0 Å². The van der Waals surface area contributed by atoms with Gasteiger partial charge in [-0.05, 0) is 194 Å². The highest BCUT2D eigenvalue weighted by molar-refractivity contribution is 7.93. The minimum absolute atomic E-state index is 0.140. The summed E-state index contributed by atoms with van der Waals surface area (Å²) in [6.07, 6.45) is 5.03. The fourth-order valence-corrected chi connectivity index (χ4v) is 12.3. The number of para-hydroxylation sites is 1. The van der Waals surface area contributed by atoms with Gasteiger partial charge in [-0.3, -0.25) is 13.7 Å². The molecule has 22 heteroatoms. The molecule has 0 radical (unpaired) electrons. The van der Waals surface area contributed by atoms with E-state index in [9.17, 15) is 52.8 Å². The first-order chi connectivity index (χ1) is 41.7. The summed E-state index contributed by atoms with van der Waals surface area (Å²) < 4.78 is 120. The van der Waals surface area contributed by atoms with E-state index in [0.717, 1.165) is 102 Å². The van der Waals surface area contributed by atoms with Crippen LogP contribution in [-0.2, 0) is 74.8 Å². The molecule has 0 unspecified atom stereocenters. The Kier molecular flexibility index (Phi) is 24.9. The quantitative estimate of drug-likeness (QED) is 0.0318. The molecule has 0 aromatic heterocycles. The van der Waals surface area contributed by atoms with Crippen molar-refractivity contribution in [1.29, 1.82) is 0 Å². The Labute approximate surface area is 516 Å². The lowest BCUT2D eigenvalue weighted by Crippen LogP contribution is -2.33. The number of halogens is 4. The molecule has 0 aliphatic carbocycles. The normalized spacial score (nSPS) is 11.5. The molecule has 15 nitrogen and oxygen atoms in total. The molecular weight excluding hydrogens is 1220 g/mol. The minimum atomic E-state index is -4.56. The molecule has 8 aromatic rings. The van der Waals surface area contributed by atoms with Gasteiger partial charge in [-0.25, -0.2) is 39.6 Å². The zero-order valence-electron chi connectivity index (χ0n) is 48.2. The van der Waals surface area contributed by atoms with E-state index in [-0.39, 0.29) is 33.0 Å². The lowest BCUT2D eigenvalue weighted by Gasteiger charge is -2.27. The zero-order chi connectivity index (χ0) is 64.1. The van der Waals surface area contributed by atoms with E-state index in [0.29, 0.717) is 54.2 Å². The van der Waals surface area contributed by atoms with Crippen LogP contribution in [0.15, 0.2) is 204 Å². The van der Waals surface area contributed by atoms with Crippen LogP contribution in [-0.4, -0.2) is 71.3 Å². The van der Waals surface area contributed by atoms with Crippen molar-refractivity contribution in [3.05, 3.63) is 255 Å². The number of unbranched alkanes of at least 4 members (excludes halogenated alkanes) is 4. The summed E-state index contributed by atoms with van der Waals surface area (Å²) in [5, 5.41) is 27.4. The number of anilines is 3. The van der Waals surface area contributed by atoms with Crippen LogP contribution in [0.3, 0.4) is 0 Å². The van der Waals surface area contributed by atoms with Gasteiger partial charge in [-0.15, -0.1) is 0 Å². The summed E-state index contributed by atoms with van der Waals surface area (Å²) in [7, 11) is -11.1. The number of alkyl halides is 3. The number of aryl methyl sites for hydroxylation is 6. The smallest absolute Gasteiger partial charge is 0.416 e. The van der Waals surface area contributed by atoms with Gasteiger partial charge in [0, 0.05) is 22.9 Å². The lowest BCUT2D eigenvalue weighted by atomic mass is 10.0. The molecule has 0 fully saturated rings. The number of rotatable bonds is 26. The van der Waals surface area contributed by atoms with Crippen LogP contribution in [0.2, 0.25) is 5.02 Å². The SMILES string of the molecule is CCCCCCCN(c1ccccc1CCc1ccc(C(=O)O)cc1)S(=O)(=O)c1ccc(C(F)(F)F)cc1.CS(=O)(=O)Nc1cccc(CCc2ccc(C(=O)O)cc2)c1.O=C(O)c1ccc(CCc2cccc(NS(=O)(=O)c3ccc(Cl)cc3)c2)cc1. The third-order valence-corrected chi connectivity index (χ3v) is 17.8. The van der Waals surface area contributed by atoms with Gasteiger partial charge in [0.05, 0.1) is 44.0 Å². The second-order valence-corrected chi connectivity index (χ2v) is 26.2. The Hall–Kier alpha value is -8.50. The number of aromatic carboxylic acids is 3. The number of carboxylic acids is 3. The number of nitrogens with one attached hydrogen (secondary N) is 2. The predicted molar refractivity (Wildman–Crippen MR) is 337 cm³/mol. The van der Waals surface area contributed by atoms with E-state index in [4.69, 9.17) is 26.9 Å². The van der Waals surface area contributed by atoms with Gasteiger partial charge in [0.1, 0.15) is 0 Å². The number of carbonyl (C=O) groups is 3. The molecule has 0 spiro atoms. The summed E-state index contributed by atoms with van der Waals surface area (Å²) in [5.41, 5.74) is 7.02. The number of benzene rings is 8. The van der Waals surface area contributed by atoms with Crippen molar-refractivity contribution in [2.75, 3.05) is 26.5 Å². The molecule has 0 amide bonds. The standard InChI is InChI=1S/C29H32F3NO4S.C21H18ClNO4S.C16H17NO4S/c1-2-3-4-5-8-21-33(38(36,37)26-19-17-25(18-20-26)29(30,31)32)27-10-7-6-9-23(27)14-11-22-12-15-24(16-13-22)28(34)35;22-18-10-12-20(13-11-18)28(26,27)23-19-3-1-2-16(14-19)5-4-15-6-8-17(9-7-15)21(24)25;1-22(20,21)17-15-4-2-3-13(11-15)6-5-12-7-9-14(10-8-12)16(18)19/h6-7,9-10,12-13,15-20H,2-5,8,11,14,21H2,1H3,(H,34,35);1-3,6-14,23H,4-5H2,(H,24,25);2-4,7-11,17H,5-6H2,1H3,(H,18,19). The average Bonchev–Trinajstić information content (AvgIpc) is 1.39. The molecule has 5 N–H and O–H groups in total. The first-order valence-corrected chi connectivity index (χ1v) is 33.1. The number of carboxylic acid groups (broad SMARTS) is 3. The number of hydrogen-bond acceptors (Lipinski definition) is 9. The molecule has 0 saturated carbocycles. The third-order valence-electron chi connectivity index (χ3n) is 13.7. The van der Waals surface area contributed by atoms with E-state index in [1.165, 1.54) is 40.7 Å². The second kappa shape index (κ2) is 31.9. The molecule has 464 valence electrons. The summed E-state index contributed by atoms with van der Waals surface area (Å²) in [6, 6.07) is 51.1. The van der Waals surface area contributed by atoms with Crippen LogP contribution in [0.25, 0.3) is 0 Å². The molecule has 88 heavy (non-hydrogen) atoms. The van der Waals surface area contributed by atoms with E-state index < -0.39 is 59.7 Å². The summed E-state index contributed by atoms with van der Waals surface area (Å²) >= 11 is 5.81. The molecule has 0 heterocycles. The Morgan fingerprint density at radius 2 is 0.898 bits per heavy atom. The second-order valence-electron chi connectivity index (χ2n) is 20.5. The molecule has 0 saturated heterocycles. The highest BCUT2D eigenvalue weighted by Crippen LogP contribution is 2.33. The van der Waals surface area contributed by atoms with Crippen LogP contribution >= 0.6 is 11.6 Å². The lowest BCUT2D eigenvalue weighted by molar-refractivity contribution is -0.137. The fraction of sp³-hybridized carbons (Fsp3) is 0.227. The van der Waals surface area contributed by atoms with Crippen molar-refractivity contribution in [1.82, 2.24) is 0 Å². The topological polar surface area (TPSA) is 242 Å². The van der Waals surface area contributed by atoms with Crippen molar-refractivity contribution in [2.24, 2.45) is 0 Å². The van der Waals surface area contributed by atoms with Gasteiger partial charge in [0.25, 0.3) is 20.0 Å². The maximum Gasteiger partial charge on any atom is 0.416 e. The molecule has 0 aliphatic heterocycles. The molecule has 0 atom stereocenters. The van der Waals surface area contributed by atoms with Crippen molar-refractivity contribution in [2.45, 2.75) is 93.5 Å². The van der Waals surface area contributed by atoms with Crippen molar-refractivity contribution in [3.63, 3.8) is 0 Å². The van der Waals surface area contributed by atoms with Crippen LogP contribution in [0, 0.1) is 0 Å². The van der Waals surface area contributed by atoms with Crippen LogP contribution < -0.4 is 13.7 Å². The Balaban J connectivity index is 0.000000219. The average molecular weight is 1280 g/mol. The fourth-order valence-electron chi connectivity index (χ4n) is 9.06. The number of nitrogens with zero attached hydrogens (tertiary/aromatic N) is 1. The van der Waals surface area contributed by atoms with Gasteiger partial charge in [-0.1, -0.05) is 123 Å². The van der Waals surface area contributed by atoms with Gasteiger partial charge in [0.15, 0.2) is 0 Å². The summed E-state index contributed by atoms with van der Waals surface area (Å²) in [4.78, 5) is 32.7. The maximum atomic E-state index is 13.7. The molecular formula is C66H67ClF3N3O12S3. The van der Waals surface area contributed by atoms with Crippen LogP contribution in [0.5, 0.6) is 0 Å². The van der Waals surface area contributed by atoms with Crippen molar-refractivity contribution >= 4 is 76.6 Å². The van der Waals surface area contributed by atoms with E-state index >= 15 is 0 Å². The molecule has 8 aromatic carbocycles. The zero-order valence-corrected chi connectivity index (χ0v) is 51.4. The summed E-state index contributed by atoms with van der Waals surface area (Å²) in [6.45, 7) is 2.30. The third kappa shape index (κ3) is 21.7. The first-order valence-electron chi connectivity index (χ1n) is 27.9. The van der Waals surface area contributed by atoms with Gasteiger partial charge in [-0.2, -0.15) is 13.2 Å². The largest absolute Gasteiger partial charge is 0.478 e. The number of sulfonamides is 3. The Bertz CT molecular complexity index is 3970. The van der Waals surface area contributed by atoms with Gasteiger partial charge in [0.2, 0.25) is 10.0 Å². The van der Waals surface area contributed by atoms with E-state index in [1.807, 2.05) is 24.3 Å². The Morgan fingerprint density at radius 3 is 1.34 bits per heavy atom. The summed E-state index contributed by atoms with van der Waals surface area (Å²) in [5.74, 6) is -2.90. The van der Waals surface area contributed by atoms with Crippen LogP contribution in [0.1, 0.15) is 109 Å². The molecule has 8 rings (SSSR count). The molecule has 0 bridgehead atoms. The van der Waals surface area contributed by atoms with E-state index in [2.05, 4.69) is 16.4 Å². The van der Waals surface area contributed by atoms with Crippen LogP contribution in [0.4, 0.5) is 30.2 Å². The van der Waals surface area contributed by atoms with E-state index in [1.54, 1.807) is 109 Å². The number of hydrogen-bond donors (Lipinski definition) is 5. The molecule has 0 aliphatic rings.